The molecule has 0 bridgehead atoms. The number of aliphatic hydroxyl groups excluding tert-OH is 1. The molecule has 0 unspecified atom stereocenters. The Kier molecular flexibility index (Phi) is 6.86. The first-order valence-corrected chi connectivity index (χ1v) is 6.25. The zero-order chi connectivity index (χ0) is 12.5. The van der Waals surface area contributed by atoms with E-state index in [1.807, 2.05) is 32.0 Å². The highest BCUT2D eigenvalue weighted by Gasteiger charge is 2.14. The fourth-order valence-electron chi connectivity index (χ4n) is 1.79. The minimum Gasteiger partial charge on any atom is -0.396 e. The molecule has 0 aliphatic carbocycles. The summed E-state index contributed by atoms with van der Waals surface area (Å²) >= 11 is 0. The molecule has 0 radical (unpaired) electrons. The molecule has 0 aliphatic heterocycles. The van der Waals surface area contributed by atoms with Crippen LogP contribution in [0.3, 0.4) is 0 Å². The van der Waals surface area contributed by atoms with Gasteiger partial charge in [-0.1, -0.05) is 24.3 Å². The van der Waals surface area contributed by atoms with Gasteiger partial charge in [0.25, 0.3) is 0 Å². The van der Waals surface area contributed by atoms with Crippen molar-refractivity contribution < 1.29 is 14.6 Å². The quantitative estimate of drug-likeness (QED) is 0.708. The number of aliphatic hydroxyl groups is 1. The third kappa shape index (κ3) is 4.46. The number of hydrogen-bond acceptors (Lipinski definition) is 3. The fourth-order valence-corrected chi connectivity index (χ4v) is 1.79. The summed E-state index contributed by atoms with van der Waals surface area (Å²) in [5.41, 5.74) is 2.26. The molecule has 1 rings (SSSR count). The Bertz CT molecular complexity index is 306. The zero-order valence-corrected chi connectivity index (χ0v) is 10.7. The molecular formula is C14H22O3. The van der Waals surface area contributed by atoms with Crippen LogP contribution >= 0.6 is 0 Å². The summed E-state index contributed by atoms with van der Waals surface area (Å²) < 4.78 is 11.2. The molecule has 3 nitrogen and oxygen atoms in total. The summed E-state index contributed by atoms with van der Waals surface area (Å²) in [6.07, 6.45) is 1.32. The summed E-state index contributed by atoms with van der Waals surface area (Å²) in [6, 6.07) is 8.09. The van der Waals surface area contributed by atoms with Crippen molar-refractivity contribution in [2.45, 2.75) is 33.0 Å². The third-order valence-electron chi connectivity index (χ3n) is 2.55. The van der Waals surface area contributed by atoms with E-state index in [-0.39, 0.29) is 12.9 Å². The predicted molar refractivity (Wildman–Crippen MR) is 67.8 cm³/mol. The molecule has 1 aromatic carbocycles. The molecule has 0 atom stereocenters. The zero-order valence-electron chi connectivity index (χ0n) is 10.7. The van der Waals surface area contributed by atoms with Crippen LogP contribution in [0.15, 0.2) is 24.3 Å². The number of benzene rings is 1. The van der Waals surface area contributed by atoms with Gasteiger partial charge in [0.05, 0.1) is 0 Å². The van der Waals surface area contributed by atoms with Gasteiger partial charge in [-0.15, -0.1) is 0 Å². The van der Waals surface area contributed by atoms with Gasteiger partial charge < -0.3 is 14.6 Å². The van der Waals surface area contributed by atoms with Crippen molar-refractivity contribution in [2.75, 3.05) is 19.8 Å². The molecule has 0 saturated carbocycles. The minimum atomic E-state index is -0.292. The molecule has 0 spiro atoms. The predicted octanol–water partition coefficient (Wildman–Crippen LogP) is 2.68. The van der Waals surface area contributed by atoms with Gasteiger partial charge in [-0.2, -0.15) is 0 Å². The van der Waals surface area contributed by atoms with E-state index in [9.17, 15) is 0 Å². The molecule has 3 heteroatoms. The third-order valence-corrected chi connectivity index (χ3v) is 2.55. The van der Waals surface area contributed by atoms with Crippen molar-refractivity contribution in [2.24, 2.45) is 0 Å². The first kappa shape index (κ1) is 14.2. The van der Waals surface area contributed by atoms with Crippen LogP contribution in [0, 0.1) is 0 Å². The van der Waals surface area contributed by atoms with Crippen molar-refractivity contribution in [1.82, 2.24) is 0 Å². The normalized spacial score (nSPS) is 11.1. The molecule has 0 amide bonds. The van der Waals surface area contributed by atoms with Crippen LogP contribution in [0.1, 0.15) is 37.7 Å². The number of rotatable bonds is 8. The van der Waals surface area contributed by atoms with Crippen LogP contribution in [0.25, 0.3) is 0 Å². The highest BCUT2D eigenvalue weighted by molar-refractivity contribution is 5.28. The van der Waals surface area contributed by atoms with Crippen LogP contribution < -0.4 is 0 Å². The van der Waals surface area contributed by atoms with Gasteiger partial charge in [-0.05, 0) is 32.3 Å². The SMILES string of the molecule is CCOC(OCC)c1ccccc1CCCO. The molecule has 96 valence electrons. The van der Waals surface area contributed by atoms with Crippen LogP contribution in [0.2, 0.25) is 0 Å². The van der Waals surface area contributed by atoms with Crippen molar-refractivity contribution in [3.8, 4) is 0 Å². The smallest absolute Gasteiger partial charge is 0.184 e. The van der Waals surface area contributed by atoms with E-state index >= 15 is 0 Å². The van der Waals surface area contributed by atoms with Crippen LogP contribution in [-0.4, -0.2) is 24.9 Å². The minimum absolute atomic E-state index is 0.211. The van der Waals surface area contributed by atoms with Crippen molar-refractivity contribution in [1.29, 1.82) is 0 Å². The highest BCUT2D eigenvalue weighted by Crippen LogP contribution is 2.23. The van der Waals surface area contributed by atoms with Gasteiger partial charge in [-0.3, -0.25) is 0 Å². The lowest BCUT2D eigenvalue weighted by atomic mass is 10.0. The van der Waals surface area contributed by atoms with Gasteiger partial charge in [-0.25, -0.2) is 0 Å². The Labute approximate surface area is 103 Å². The van der Waals surface area contributed by atoms with Gasteiger partial charge in [0.15, 0.2) is 6.29 Å². The van der Waals surface area contributed by atoms with E-state index < -0.39 is 0 Å². The maximum atomic E-state index is 8.90. The molecule has 0 heterocycles. The molecule has 17 heavy (non-hydrogen) atoms. The van der Waals surface area contributed by atoms with Crippen LogP contribution in [-0.2, 0) is 15.9 Å². The average molecular weight is 238 g/mol. The maximum absolute atomic E-state index is 8.90. The Morgan fingerprint density at radius 3 is 2.35 bits per heavy atom. The van der Waals surface area contributed by atoms with Crippen LogP contribution in [0.4, 0.5) is 0 Å². The second-order valence-corrected chi connectivity index (χ2v) is 3.77. The Hall–Kier alpha value is -0.900. The summed E-state index contributed by atoms with van der Waals surface area (Å²) in [6.45, 7) is 5.38. The summed E-state index contributed by atoms with van der Waals surface area (Å²) in [5, 5.41) is 8.90. The van der Waals surface area contributed by atoms with E-state index in [2.05, 4.69) is 6.07 Å². The lowest BCUT2D eigenvalue weighted by molar-refractivity contribution is -0.140. The van der Waals surface area contributed by atoms with E-state index in [0.29, 0.717) is 13.2 Å². The maximum Gasteiger partial charge on any atom is 0.184 e. The van der Waals surface area contributed by atoms with Crippen LogP contribution in [0.5, 0.6) is 0 Å². The largest absolute Gasteiger partial charge is 0.396 e. The van der Waals surface area contributed by atoms with E-state index in [1.165, 1.54) is 5.56 Å². The van der Waals surface area contributed by atoms with E-state index in [4.69, 9.17) is 14.6 Å². The Balaban J connectivity index is 2.83. The summed E-state index contributed by atoms with van der Waals surface area (Å²) in [5.74, 6) is 0. The van der Waals surface area contributed by atoms with Gasteiger partial charge in [0, 0.05) is 25.4 Å². The first-order valence-electron chi connectivity index (χ1n) is 6.25. The summed E-state index contributed by atoms with van der Waals surface area (Å²) in [4.78, 5) is 0. The van der Waals surface area contributed by atoms with Gasteiger partial charge >= 0.3 is 0 Å². The molecule has 0 saturated heterocycles. The van der Waals surface area contributed by atoms with E-state index in [1.54, 1.807) is 0 Å². The topological polar surface area (TPSA) is 38.7 Å². The van der Waals surface area contributed by atoms with Crippen molar-refractivity contribution >= 4 is 0 Å². The fraction of sp³-hybridized carbons (Fsp3) is 0.571. The average Bonchev–Trinajstić information content (AvgIpc) is 2.36. The molecule has 1 aromatic rings. The second kappa shape index (κ2) is 8.23. The summed E-state index contributed by atoms with van der Waals surface area (Å²) in [7, 11) is 0. The lowest BCUT2D eigenvalue weighted by Crippen LogP contribution is -2.11. The Morgan fingerprint density at radius 2 is 1.76 bits per heavy atom. The number of hydrogen-bond donors (Lipinski definition) is 1. The van der Waals surface area contributed by atoms with Crippen molar-refractivity contribution in [3.63, 3.8) is 0 Å². The molecular weight excluding hydrogens is 216 g/mol. The van der Waals surface area contributed by atoms with Gasteiger partial charge in [0.2, 0.25) is 0 Å². The first-order chi connectivity index (χ1) is 8.33. The molecule has 0 aromatic heterocycles. The highest BCUT2D eigenvalue weighted by atomic mass is 16.7. The number of ether oxygens (including phenoxy) is 2. The van der Waals surface area contributed by atoms with E-state index in [0.717, 1.165) is 18.4 Å². The monoisotopic (exact) mass is 238 g/mol. The molecule has 1 N–H and O–H groups in total. The van der Waals surface area contributed by atoms with Gasteiger partial charge in [0.1, 0.15) is 0 Å². The number of aryl methyl sites for hydroxylation is 1. The molecule has 0 aliphatic rings. The Morgan fingerprint density at radius 1 is 1.12 bits per heavy atom. The molecule has 0 fully saturated rings. The van der Waals surface area contributed by atoms with Crippen molar-refractivity contribution in [3.05, 3.63) is 35.4 Å². The lowest BCUT2D eigenvalue weighted by Gasteiger charge is -2.20. The second-order valence-electron chi connectivity index (χ2n) is 3.77. The standard InChI is InChI=1S/C14H22O3/c1-3-16-14(17-4-2)13-10-6-5-8-12(13)9-7-11-15/h5-6,8,10,14-15H,3-4,7,9,11H2,1-2H3.